The van der Waals surface area contributed by atoms with Gasteiger partial charge in [0, 0.05) is 0 Å². The van der Waals surface area contributed by atoms with E-state index in [2.05, 4.69) is 24.3 Å². The van der Waals surface area contributed by atoms with Crippen LogP contribution in [0.2, 0.25) is 0 Å². The minimum absolute atomic E-state index is 0.322. The first-order valence-electron chi connectivity index (χ1n) is 14.5. The average Bonchev–Trinajstić information content (AvgIpc) is 3.85. The molecule has 202 valence electrons. The molecule has 0 radical (unpaired) electrons. The van der Waals surface area contributed by atoms with Gasteiger partial charge in [0.2, 0.25) is 0 Å². The summed E-state index contributed by atoms with van der Waals surface area (Å²) in [6, 6.07) is 9.45. The Hall–Kier alpha value is -1.02. The minimum Gasteiger partial charge on any atom is -0.371 e. The van der Waals surface area contributed by atoms with E-state index in [0.717, 1.165) is 25.0 Å². The Balaban J connectivity index is 0.890. The topological polar surface area (TPSA) is 62.0 Å². The summed E-state index contributed by atoms with van der Waals surface area (Å²) in [5.74, 6) is 1.67. The van der Waals surface area contributed by atoms with Gasteiger partial charge in [-0.25, -0.2) is 0 Å². The average molecular weight is 503 g/mol. The zero-order valence-electron chi connectivity index (χ0n) is 22.0. The van der Waals surface area contributed by atoms with Gasteiger partial charge in [0.25, 0.3) is 0 Å². The second kappa shape index (κ2) is 14.2. The van der Waals surface area contributed by atoms with Crippen molar-refractivity contribution in [3.63, 3.8) is 0 Å². The molecule has 2 aliphatic heterocycles. The van der Waals surface area contributed by atoms with Gasteiger partial charge >= 0.3 is 0 Å². The van der Waals surface area contributed by atoms with Crippen molar-refractivity contribution < 1.29 is 28.4 Å². The summed E-state index contributed by atoms with van der Waals surface area (Å²) in [7, 11) is 0. The summed E-state index contributed by atoms with van der Waals surface area (Å²) in [6.07, 6.45) is 16.2. The van der Waals surface area contributed by atoms with Crippen LogP contribution in [0.25, 0.3) is 0 Å². The molecule has 1 aromatic rings. The fourth-order valence-corrected chi connectivity index (χ4v) is 5.76. The number of aryl methyl sites for hydroxylation is 2. The highest BCUT2D eigenvalue weighted by Crippen LogP contribution is 2.31. The first-order chi connectivity index (χ1) is 17.8. The smallest absolute Gasteiger partial charge is 0.147 e. The van der Waals surface area contributed by atoms with E-state index in [1.54, 1.807) is 0 Å². The van der Waals surface area contributed by atoms with Crippen molar-refractivity contribution in [2.45, 2.75) is 101 Å². The molecule has 4 aliphatic rings. The Bertz CT molecular complexity index is 667. The van der Waals surface area contributed by atoms with E-state index in [1.807, 2.05) is 0 Å². The van der Waals surface area contributed by atoms with E-state index in [4.69, 9.17) is 28.4 Å². The van der Waals surface area contributed by atoms with Gasteiger partial charge in [0.15, 0.2) is 0 Å². The van der Waals surface area contributed by atoms with Gasteiger partial charge in [-0.2, -0.15) is 0 Å². The molecule has 0 amide bonds. The van der Waals surface area contributed by atoms with E-state index in [9.17, 15) is 0 Å². The van der Waals surface area contributed by atoms with Crippen molar-refractivity contribution in [1.82, 2.24) is 0 Å². The van der Waals surface area contributed by atoms with Gasteiger partial charge in [0.05, 0.1) is 38.6 Å². The van der Waals surface area contributed by atoms with E-state index < -0.39 is 0 Å². The van der Waals surface area contributed by atoms with Crippen molar-refractivity contribution in [1.29, 1.82) is 0 Å². The summed E-state index contributed by atoms with van der Waals surface area (Å²) in [5.41, 5.74) is 2.97. The maximum atomic E-state index is 5.89. The molecule has 0 aromatic heterocycles. The number of hydrogen-bond donors (Lipinski definition) is 0. The third-order valence-corrected chi connectivity index (χ3v) is 8.48. The summed E-state index contributed by atoms with van der Waals surface area (Å²) < 4.78 is 33.1. The molecule has 0 bridgehead atoms. The lowest BCUT2D eigenvalue weighted by Gasteiger charge is -2.28. The summed E-state index contributed by atoms with van der Waals surface area (Å²) in [5, 5.41) is 0. The molecule has 2 aliphatic carbocycles. The van der Waals surface area contributed by atoms with Crippen LogP contribution in [0.5, 0.6) is 0 Å². The van der Waals surface area contributed by atoms with Gasteiger partial charge in [-0.1, -0.05) is 24.3 Å². The van der Waals surface area contributed by atoms with Crippen LogP contribution in [0.4, 0.5) is 0 Å². The summed E-state index contributed by atoms with van der Waals surface area (Å²) in [6.45, 7) is 3.89. The van der Waals surface area contributed by atoms with Crippen molar-refractivity contribution in [2.24, 2.45) is 11.8 Å². The molecule has 2 unspecified atom stereocenters. The molecule has 36 heavy (non-hydrogen) atoms. The molecule has 6 nitrogen and oxygen atoms in total. The molecule has 0 spiro atoms. The van der Waals surface area contributed by atoms with Crippen molar-refractivity contribution >= 4 is 0 Å². The van der Waals surface area contributed by atoms with Crippen LogP contribution in [0.3, 0.4) is 0 Å². The fourth-order valence-electron chi connectivity index (χ4n) is 5.76. The Labute approximate surface area is 217 Å². The number of rotatable bonds is 16. The maximum absolute atomic E-state index is 5.89. The zero-order valence-corrected chi connectivity index (χ0v) is 22.0. The SMILES string of the molecule is c1cc(CCC2CCC(OCOCC3CO3)CC2)ccc1CCC1CCC(OCOCC2CO2)CC1. The summed E-state index contributed by atoms with van der Waals surface area (Å²) in [4.78, 5) is 0. The van der Waals surface area contributed by atoms with Crippen molar-refractivity contribution in [3.8, 4) is 0 Å². The predicted molar refractivity (Wildman–Crippen MR) is 138 cm³/mol. The highest BCUT2D eigenvalue weighted by atomic mass is 16.7. The molecule has 2 atom stereocenters. The van der Waals surface area contributed by atoms with E-state index in [-0.39, 0.29) is 0 Å². The molecule has 2 saturated carbocycles. The van der Waals surface area contributed by atoms with Crippen LogP contribution in [0.15, 0.2) is 24.3 Å². The van der Waals surface area contributed by atoms with E-state index >= 15 is 0 Å². The number of epoxide rings is 2. The lowest BCUT2D eigenvalue weighted by molar-refractivity contribution is -0.104. The lowest BCUT2D eigenvalue weighted by Crippen LogP contribution is -2.23. The van der Waals surface area contributed by atoms with Gasteiger partial charge < -0.3 is 28.4 Å². The molecule has 2 saturated heterocycles. The van der Waals surface area contributed by atoms with Crippen LogP contribution in [-0.4, -0.2) is 64.4 Å². The molecule has 6 heteroatoms. The van der Waals surface area contributed by atoms with Crippen LogP contribution in [0.1, 0.15) is 75.3 Å². The highest BCUT2D eigenvalue weighted by Gasteiger charge is 2.25. The molecule has 5 rings (SSSR count). The van der Waals surface area contributed by atoms with Crippen LogP contribution >= 0.6 is 0 Å². The largest absolute Gasteiger partial charge is 0.371 e. The first-order valence-corrected chi connectivity index (χ1v) is 14.5. The highest BCUT2D eigenvalue weighted by molar-refractivity contribution is 5.22. The molecule has 2 heterocycles. The molecule has 0 N–H and O–H groups in total. The molecular weight excluding hydrogens is 456 g/mol. The third kappa shape index (κ3) is 9.70. The van der Waals surface area contributed by atoms with Crippen molar-refractivity contribution in [2.75, 3.05) is 40.0 Å². The van der Waals surface area contributed by atoms with Crippen LogP contribution in [-0.2, 0) is 41.3 Å². The number of hydrogen-bond acceptors (Lipinski definition) is 6. The Morgan fingerprint density at radius 3 is 1.33 bits per heavy atom. The van der Waals surface area contributed by atoms with Gasteiger partial charge in [-0.3, -0.25) is 0 Å². The van der Waals surface area contributed by atoms with Gasteiger partial charge in [-0.15, -0.1) is 0 Å². The van der Waals surface area contributed by atoms with Crippen molar-refractivity contribution in [3.05, 3.63) is 35.4 Å². The Morgan fingerprint density at radius 2 is 0.972 bits per heavy atom. The second-order valence-corrected chi connectivity index (χ2v) is 11.4. The fraction of sp³-hybridized carbons (Fsp3) is 0.800. The maximum Gasteiger partial charge on any atom is 0.147 e. The monoisotopic (exact) mass is 502 g/mol. The van der Waals surface area contributed by atoms with Crippen LogP contribution in [0, 0.1) is 11.8 Å². The molecular formula is C30H46O6. The Kier molecular flexibility index (Phi) is 10.5. The van der Waals surface area contributed by atoms with E-state index in [0.29, 0.717) is 51.2 Å². The number of ether oxygens (including phenoxy) is 6. The minimum atomic E-state index is 0.322. The molecule has 4 fully saturated rings. The third-order valence-electron chi connectivity index (χ3n) is 8.48. The van der Waals surface area contributed by atoms with Gasteiger partial charge in [0.1, 0.15) is 25.8 Å². The quantitative estimate of drug-likeness (QED) is 0.170. The summed E-state index contributed by atoms with van der Waals surface area (Å²) >= 11 is 0. The first kappa shape index (κ1) is 26.6. The Morgan fingerprint density at radius 1 is 0.583 bits per heavy atom. The number of benzene rings is 1. The predicted octanol–water partition coefficient (Wildman–Crippen LogP) is 5.45. The molecule has 1 aromatic carbocycles. The van der Waals surface area contributed by atoms with Crippen LogP contribution < -0.4 is 0 Å². The van der Waals surface area contributed by atoms with E-state index in [1.165, 1.54) is 88.2 Å². The normalized spacial score (nSPS) is 31.9. The zero-order chi connectivity index (χ0) is 24.4. The lowest BCUT2D eigenvalue weighted by atomic mass is 9.83. The standard InChI is InChI=1S/C30H46O6/c1-2-24(6-8-26-11-15-28(16-12-26)36-22-32-18-30-20-34-30)4-3-23(1)5-7-25-9-13-27(14-10-25)35-21-31-17-29-19-33-29/h1-4,25-30H,5-22H2. The second-order valence-electron chi connectivity index (χ2n) is 11.4. The van der Waals surface area contributed by atoms with Gasteiger partial charge in [-0.05, 0) is 100 Å².